The molecule has 2 aromatic rings. The minimum absolute atomic E-state index is 0.909. The van der Waals surface area contributed by atoms with Crippen LogP contribution in [0.3, 0.4) is 0 Å². The lowest BCUT2D eigenvalue weighted by Crippen LogP contribution is -2.13. The van der Waals surface area contributed by atoms with Crippen molar-refractivity contribution in [3.63, 3.8) is 0 Å². The molecule has 1 aromatic heterocycles. The summed E-state index contributed by atoms with van der Waals surface area (Å²) in [6, 6.07) is 8.84. The Balaban J connectivity index is 1.95. The lowest BCUT2D eigenvalue weighted by Gasteiger charge is -2.08. The van der Waals surface area contributed by atoms with E-state index in [-0.39, 0.29) is 0 Å². The van der Waals surface area contributed by atoms with Crippen LogP contribution in [0.4, 0.5) is 0 Å². The first-order chi connectivity index (χ1) is 9.33. The van der Waals surface area contributed by atoms with Crippen LogP contribution in [-0.4, -0.2) is 16.1 Å². The molecule has 19 heavy (non-hydrogen) atoms. The Bertz CT molecular complexity index is 485. The number of imidazole rings is 1. The summed E-state index contributed by atoms with van der Waals surface area (Å²) in [4.78, 5) is 4.35. The van der Waals surface area contributed by atoms with Crippen molar-refractivity contribution in [2.24, 2.45) is 0 Å². The first-order valence-corrected chi connectivity index (χ1v) is 7.12. The van der Waals surface area contributed by atoms with Crippen molar-refractivity contribution in [3.8, 4) is 0 Å². The van der Waals surface area contributed by atoms with Gasteiger partial charge in [0.25, 0.3) is 0 Å². The third kappa shape index (κ3) is 3.93. The van der Waals surface area contributed by atoms with E-state index < -0.39 is 0 Å². The Labute approximate surface area is 115 Å². The van der Waals surface area contributed by atoms with Gasteiger partial charge in [0.05, 0.1) is 0 Å². The maximum absolute atomic E-state index is 4.35. The van der Waals surface area contributed by atoms with E-state index in [0.717, 1.165) is 31.9 Å². The second-order valence-electron chi connectivity index (χ2n) is 4.82. The molecular formula is C16H23N3. The molecule has 0 spiro atoms. The summed E-state index contributed by atoms with van der Waals surface area (Å²) in [7, 11) is 0. The molecule has 0 saturated carbocycles. The summed E-state index contributed by atoms with van der Waals surface area (Å²) < 4.78 is 2.21. The number of hydrogen-bond donors (Lipinski definition) is 1. The molecule has 0 fully saturated rings. The molecule has 1 N–H and O–H groups in total. The van der Waals surface area contributed by atoms with Crippen molar-refractivity contribution in [2.75, 3.05) is 6.54 Å². The molecule has 0 aliphatic rings. The highest BCUT2D eigenvalue weighted by atomic mass is 15.1. The number of hydrogen-bond acceptors (Lipinski definition) is 2. The molecular weight excluding hydrogens is 234 g/mol. The highest BCUT2D eigenvalue weighted by Crippen LogP contribution is 2.08. The molecule has 102 valence electrons. The molecule has 0 unspecified atom stereocenters. The van der Waals surface area contributed by atoms with Gasteiger partial charge in [0.15, 0.2) is 0 Å². The minimum atomic E-state index is 0.909. The van der Waals surface area contributed by atoms with E-state index in [9.17, 15) is 0 Å². The van der Waals surface area contributed by atoms with E-state index in [0.29, 0.717) is 0 Å². The summed E-state index contributed by atoms with van der Waals surface area (Å²) >= 11 is 0. The van der Waals surface area contributed by atoms with Gasteiger partial charge >= 0.3 is 0 Å². The average Bonchev–Trinajstić information content (AvgIpc) is 2.88. The van der Waals surface area contributed by atoms with Crippen LogP contribution in [0.15, 0.2) is 36.7 Å². The Morgan fingerprint density at radius 3 is 2.53 bits per heavy atom. The molecule has 0 aliphatic heterocycles. The van der Waals surface area contributed by atoms with E-state index in [4.69, 9.17) is 0 Å². The van der Waals surface area contributed by atoms with E-state index >= 15 is 0 Å². The zero-order valence-corrected chi connectivity index (χ0v) is 11.9. The van der Waals surface area contributed by atoms with Gasteiger partial charge in [-0.25, -0.2) is 4.98 Å². The zero-order valence-electron chi connectivity index (χ0n) is 11.9. The van der Waals surface area contributed by atoms with Gasteiger partial charge in [-0.05, 0) is 24.1 Å². The molecule has 2 rings (SSSR count). The number of aryl methyl sites for hydroxylation is 1. The predicted molar refractivity (Wildman–Crippen MR) is 79.1 cm³/mol. The van der Waals surface area contributed by atoms with Gasteiger partial charge in [-0.2, -0.15) is 0 Å². The molecule has 0 saturated heterocycles. The smallest absolute Gasteiger partial charge is 0.108 e. The van der Waals surface area contributed by atoms with Crippen molar-refractivity contribution in [1.82, 2.24) is 14.9 Å². The third-order valence-corrected chi connectivity index (χ3v) is 3.25. The van der Waals surface area contributed by atoms with Gasteiger partial charge in [0, 0.05) is 31.9 Å². The second kappa shape index (κ2) is 7.10. The molecule has 3 nitrogen and oxygen atoms in total. The quantitative estimate of drug-likeness (QED) is 0.773. The van der Waals surface area contributed by atoms with Crippen molar-refractivity contribution < 1.29 is 0 Å². The van der Waals surface area contributed by atoms with Gasteiger partial charge in [-0.1, -0.05) is 38.1 Å². The first kappa shape index (κ1) is 13.8. The van der Waals surface area contributed by atoms with E-state index in [1.165, 1.54) is 17.5 Å². The maximum Gasteiger partial charge on any atom is 0.108 e. The van der Waals surface area contributed by atoms with Gasteiger partial charge < -0.3 is 9.88 Å². The number of nitrogens with one attached hydrogen (secondary N) is 1. The fraction of sp³-hybridized carbons (Fsp3) is 0.438. The van der Waals surface area contributed by atoms with Crippen LogP contribution in [0.25, 0.3) is 0 Å². The van der Waals surface area contributed by atoms with Crippen LogP contribution in [0, 0.1) is 0 Å². The first-order valence-electron chi connectivity index (χ1n) is 7.12. The Hall–Kier alpha value is -1.61. The average molecular weight is 257 g/mol. The molecule has 1 heterocycles. The SMILES string of the molecule is CCCNCc1ccc(Cn2ccnc2CC)cc1. The maximum atomic E-state index is 4.35. The number of aromatic nitrogens is 2. The van der Waals surface area contributed by atoms with Crippen molar-refractivity contribution >= 4 is 0 Å². The van der Waals surface area contributed by atoms with Crippen LogP contribution in [0.5, 0.6) is 0 Å². The van der Waals surface area contributed by atoms with Crippen LogP contribution in [0.2, 0.25) is 0 Å². The summed E-state index contributed by atoms with van der Waals surface area (Å²) in [5.74, 6) is 1.15. The van der Waals surface area contributed by atoms with E-state index in [2.05, 4.69) is 59.2 Å². The van der Waals surface area contributed by atoms with Crippen LogP contribution in [-0.2, 0) is 19.5 Å². The highest BCUT2D eigenvalue weighted by Gasteiger charge is 2.01. The topological polar surface area (TPSA) is 29.9 Å². The van der Waals surface area contributed by atoms with Gasteiger partial charge in [0.1, 0.15) is 5.82 Å². The van der Waals surface area contributed by atoms with Gasteiger partial charge in [-0.15, -0.1) is 0 Å². The van der Waals surface area contributed by atoms with Crippen molar-refractivity contribution in [1.29, 1.82) is 0 Å². The monoisotopic (exact) mass is 257 g/mol. The minimum Gasteiger partial charge on any atom is -0.331 e. The summed E-state index contributed by atoms with van der Waals surface area (Å²) in [5, 5.41) is 3.42. The van der Waals surface area contributed by atoms with Crippen molar-refractivity contribution in [2.45, 2.75) is 39.8 Å². The second-order valence-corrected chi connectivity index (χ2v) is 4.82. The fourth-order valence-corrected chi connectivity index (χ4v) is 2.17. The third-order valence-electron chi connectivity index (χ3n) is 3.25. The Kier molecular flexibility index (Phi) is 5.16. The molecule has 0 aliphatic carbocycles. The molecule has 1 aromatic carbocycles. The standard InChI is InChI=1S/C16H23N3/c1-3-9-17-12-14-5-7-15(8-6-14)13-19-11-10-18-16(19)4-2/h5-8,10-11,17H,3-4,9,12-13H2,1-2H3. The largest absolute Gasteiger partial charge is 0.331 e. The number of rotatable bonds is 7. The molecule has 0 radical (unpaired) electrons. The van der Waals surface area contributed by atoms with E-state index in [1.807, 2.05) is 6.20 Å². The fourth-order valence-electron chi connectivity index (χ4n) is 2.17. The van der Waals surface area contributed by atoms with Crippen LogP contribution in [0.1, 0.15) is 37.2 Å². The van der Waals surface area contributed by atoms with Crippen LogP contribution < -0.4 is 5.32 Å². The normalized spacial score (nSPS) is 10.8. The lowest BCUT2D eigenvalue weighted by atomic mass is 10.1. The highest BCUT2D eigenvalue weighted by molar-refractivity contribution is 5.23. The van der Waals surface area contributed by atoms with E-state index in [1.54, 1.807) is 0 Å². The zero-order chi connectivity index (χ0) is 13.5. The molecule has 0 atom stereocenters. The van der Waals surface area contributed by atoms with Crippen molar-refractivity contribution in [3.05, 3.63) is 53.6 Å². The van der Waals surface area contributed by atoms with Crippen LogP contribution >= 0.6 is 0 Å². The Morgan fingerprint density at radius 1 is 1.11 bits per heavy atom. The molecule has 3 heteroatoms. The van der Waals surface area contributed by atoms with Gasteiger partial charge in [-0.3, -0.25) is 0 Å². The summed E-state index contributed by atoms with van der Waals surface area (Å²) in [6.45, 7) is 7.27. The van der Waals surface area contributed by atoms with Gasteiger partial charge in [0.2, 0.25) is 0 Å². The Morgan fingerprint density at radius 2 is 1.84 bits per heavy atom. The number of nitrogens with zero attached hydrogens (tertiary/aromatic N) is 2. The molecule has 0 amide bonds. The number of benzene rings is 1. The summed E-state index contributed by atoms with van der Waals surface area (Å²) in [6.07, 6.45) is 6.09. The molecule has 0 bridgehead atoms. The predicted octanol–water partition coefficient (Wildman–Crippen LogP) is 2.99. The lowest BCUT2D eigenvalue weighted by molar-refractivity contribution is 0.674. The summed E-state index contributed by atoms with van der Waals surface area (Å²) in [5.41, 5.74) is 2.67.